The second-order valence-electron chi connectivity index (χ2n) is 13.9. The molecule has 0 radical (unpaired) electrons. The van der Waals surface area contributed by atoms with Gasteiger partial charge in [0.05, 0.1) is 46.5 Å². The van der Waals surface area contributed by atoms with Crippen LogP contribution in [0.5, 0.6) is 0 Å². The molecule has 1 aromatic carbocycles. The van der Waals surface area contributed by atoms with Crippen molar-refractivity contribution < 1.29 is 67.0 Å². The highest BCUT2D eigenvalue weighted by atomic mass is 16.6. The normalized spacial score (nSPS) is 34.3. The van der Waals surface area contributed by atoms with Crippen molar-refractivity contribution in [2.45, 2.75) is 102 Å². The first-order valence-corrected chi connectivity index (χ1v) is 16.0. The molecule has 3 fully saturated rings. The first kappa shape index (κ1) is 36.0. The van der Waals surface area contributed by atoms with Crippen LogP contribution in [-0.2, 0) is 42.8 Å². The molecule has 14 nitrogen and oxygen atoms in total. The zero-order valence-electron chi connectivity index (χ0n) is 28.4. The van der Waals surface area contributed by atoms with Gasteiger partial charge in [-0.15, -0.1) is 0 Å². The summed E-state index contributed by atoms with van der Waals surface area (Å²) in [5.74, 6) is -6.18. The number of rotatable bonds is 9. The van der Waals surface area contributed by atoms with Crippen LogP contribution >= 0.6 is 0 Å². The van der Waals surface area contributed by atoms with Crippen LogP contribution in [0.15, 0.2) is 53.3 Å². The van der Waals surface area contributed by atoms with Gasteiger partial charge in [0.15, 0.2) is 12.2 Å². The van der Waals surface area contributed by atoms with E-state index in [1.54, 1.807) is 45.9 Å². The van der Waals surface area contributed by atoms with Gasteiger partial charge in [0.2, 0.25) is 0 Å². The second-order valence-corrected chi connectivity index (χ2v) is 13.9. The summed E-state index contributed by atoms with van der Waals surface area (Å²) in [5, 5.41) is 25.0. The number of aliphatic hydroxyl groups excluding tert-OH is 1. The first-order valence-electron chi connectivity index (χ1n) is 16.0. The summed E-state index contributed by atoms with van der Waals surface area (Å²) in [6.07, 6.45) is -6.32. The fourth-order valence-electron chi connectivity index (χ4n) is 8.04. The minimum absolute atomic E-state index is 0.0126. The quantitative estimate of drug-likeness (QED) is 0.289. The summed E-state index contributed by atoms with van der Waals surface area (Å²) in [4.78, 5) is 66.3. The molecular weight excluding hydrogens is 644 g/mol. The Balaban J connectivity index is 1.85. The van der Waals surface area contributed by atoms with Gasteiger partial charge in [0.25, 0.3) is 0 Å². The topological polar surface area (TPSA) is 194 Å². The summed E-state index contributed by atoms with van der Waals surface area (Å²) in [5.41, 5.74) is -8.09. The molecule has 2 aliphatic carbocycles. The van der Waals surface area contributed by atoms with Crippen molar-refractivity contribution in [1.29, 1.82) is 0 Å². The van der Waals surface area contributed by atoms with E-state index in [0.29, 0.717) is 0 Å². The van der Waals surface area contributed by atoms with E-state index in [1.165, 1.54) is 31.4 Å². The van der Waals surface area contributed by atoms with Gasteiger partial charge in [-0.25, -0.2) is 9.59 Å². The maximum Gasteiger partial charge on any atom is 0.341 e. The lowest BCUT2D eigenvalue weighted by Crippen LogP contribution is -2.85. The predicted octanol–water partition coefficient (Wildman–Crippen LogP) is 2.77. The van der Waals surface area contributed by atoms with Crippen LogP contribution in [0.4, 0.5) is 0 Å². The molecule has 0 amide bonds. The van der Waals surface area contributed by atoms with Gasteiger partial charge in [-0.05, 0) is 39.0 Å². The molecule has 2 saturated carbocycles. The third kappa shape index (κ3) is 5.89. The van der Waals surface area contributed by atoms with Crippen molar-refractivity contribution in [1.82, 2.24) is 0 Å². The standard InChI is InChI=1S/C35H42O14/c1-18(2)29(39)44-17-34-27(46-20(4)37)23(45-19(3)36)15-33(7,42)35(34)26(38)24(32(5,6)49-35)25(47-31(41)22-13-14-43-16-22)28(34)48-30(40)21-11-9-8-10-12-21/h8-14,16,18,23-28,38,42H,15,17H2,1-7H3/t23-,24+,25-,26?,27-,28+,33-,34-,35-/m0/s1. The number of benzene rings is 1. The first-order chi connectivity index (χ1) is 22.9. The molecule has 1 unspecified atom stereocenters. The zero-order valence-corrected chi connectivity index (χ0v) is 28.4. The van der Waals surface area contributed by atoms with E-state index >= 15 is 0 Å². The van der Waals surface area contributed by atoms with E-state index in [1.807, 2.05) is 0 Å². The molecule has 14 heteroatoms. The van der Waals surface area contributed by atoms with Crippen LogP contribution in [0.1, 0.15) is 75.6 Å². The maximum absolute atomic E-state index is 14.0. The van der Waals surface area contributed by atoms with Crippen LogP contribution in [0.3, 0.4) is 0 Å². The molecule has 49 heavy (non-hydrogen) atoms. The average Bonchev–Trinajstić information content (AvgIpc) is 3.61. The fraction of sp³-hybridized carbons (Fsp3) is 0.571. The van der Waals surface area contributed by atoms with E-state index in [4.69, 9.17) is 32.8 Å². The molecule has 1 spiro atoms. The number of carbonyl (C=O) groups excluding carboxylic acids is 5. The van der Waals surface area contributed by atoms with Crippen molar-refractivity contribution in [3.63, 3.8) is 0 Å². The second kappa shape index (κ2) is 12.9. The van der Waals surface area contributed by atoms with E-state index in [-0.39, 0.29) is 11.1 Å². The van der Waals surface area contributed by atoms with Crippen molar-refractivity contribution in [3.05, 3.63) is 60.1 Å². The van der Waals surface area contributed by atoms with E-state index < -0.39 is 107 Å². The number of hydrogen-bond donors (Lipinski definition) is 2. The van der Waals surface area contributed by atoms with Gasteiger partial charge in [0, 0.05) is 20.3 Å². The number of hydrogen-bond acceptors (Lipinski definition) is 14. The van der Waals surface area contributed by atoms with Crippen molar-refractivity contribution >= 4 is 29.8 Å². The Labute approximate surface area is 282 Å². The fourth-order valence-corrected chi connectivity index (χ4v) is 8.04. The van der Waals surface area contributed by atoms with Gasteiger partial charge in [0.1, 0.15) is 36.1 Å². The lowest BCUT2D eigenvalue weighted by Gasteiger charge is -2.66. The van der Waals surface area contributed by atoms with Crippen LogP contribution in [0.25, 0.3) is 0 Å². The average molecular weight is 687 g/mol. The Bertz CT molecular complexity index is 1580. The maximum atomic E-state index is 14.0. The molecule has 1 aromatic heterocycles. The van der Waals surface area contributed by atoms with Gasteiger partial charge in [-0.3, -0.25) is 14.4 Å². The third-order valence-corrected chi connectivity index (χ3v) is 9.86. The molecule has 2 aromatic rings. The largest absolute Gasteiger partial charge is 0.472 e. The SMILES string of the molecule is CC(=O)O[C@H]1C[C@](C)(O)[C@@]23OC(C)(C)[C@@H](C2O)[C@H](OC(=O)c2ccoc2)[C@@H](OC(=O)c2ccccc2)[C@]3(COC(=O)C(C)C)[C@H]1OC(C)=O. The van der Waals surface area contributed by atoms with Crippen LogP contribution in [0, 0.1) is 17.3 Å². The van der Waals surface area contributed by atoms with Crippen molar-refractivity contribution in [2.75, 3.05) is 6.61 Å². The minimum atomic E-state index is -2.29. The molecule has 2 bridgehead atoms. The third-order valence-electron chi connectivity index (χ3n) is 9.86. The lowest BCUT2D eigenvalue weighted by atomic mass is 9.45. The van der Waals surface area contributed by atoms with E-state index in [2.05, 4.69) is 0 Å². The molecule has 1 aliphatic heterocycles. The molecule has 1 saturated heterocycles. The molecule has 2 N–H and O–H groups in total. The molecule has 9 atom stereocenters. The summed E-state index contributed by atoms with van der Waals surface area (Å²) >= 11 is 0. The van der Waals surface area contributed by atoms with Crippen molar-refractivity contribution in [3.8, 4) is 0 Å². The minimum Gasteiger partial charge on any atom is -0.472 e. The summed E-state index contributed by atoms with van der Waals surface area (Å²) in [6.45, 7) is 9.04. The number of aliphatic hydroxyl groups is 2. The predicted molar refractivity (Wildman–Crippen MR) is 166 cm³/mol. The summed E-state index contributed by atoms with van der Waals surface area (Å²) in [7, 11) is 0. The molecule has 5 rings (SSSR count). The smallest absolute Gasteiger partial charge is 0.341 e. The van der Waals surface area contributed by atoms with Crippen molar-refractivity contribution in [2.24, 2.45) is 17.3 Å². The van der Waals surface area contributed by atoms with Gasteiger partial charge in [-0.1, -0.05) is 32.0 Å². The monoisotopic (exact) mass is 686 g/mol. The number of furan rings is 1. The number of carbonyl (C=O) groups is 5. The Morgan fingerprint density at radius 1 is 0.878 bits per heavy atom. The lowest BCUT2D eigenvalue weighted by molar-refractivity contribution is -0.362. The van der Waals surface area contributed by atoms with Gasteiger partial charge >= 0.3 is 29.8 Å². The Hall–Kier alpha value is -4.27. The summed E-state index contributed by atoms with van der Waals surface area (Å²) < 4.78 is 41.6. The van der Waals surface area contributed by atoms with Crippen LogP contribution in [0.2, 0.25) is 0 Å². The highest BCUT2D eigenvalue weighted by Crippen LogP contribution is 2.69. The number of esters is 5. The Morgan fingerprint density at radius 2 is 1.51 bits per heavy atom. The molecule has 2 heterocycles. The summed E-state index contributed by atoms with van der Waals surface area (Å²) in [6, 6.07) is 9.17. The highest BCUT2D eigenvalue weighted by molar-refractivity contribution is 5.90. The Kier molecular flexibility index (Phi) is 9.47. The Morgan fingerprint density at radius 3 is 2.08 bits per heavy atom. The number of ether oxygens (including phenoxy) is 6. The van der Waals surface area contributed by atoms with Gasteiger partial charge < -0.3 is 43.1 Å². The zero-order chi connectivity index (χ0) is 36.1. The molecule has 3 aliphatic rings. The van der Waals surface area contributed by atoms with E-state index in [0.717, 1.165) is 20.1 Å². The number of fused-ring (bicyclic) bond motifs is 1. The van der Waals surface area contributed by atoms with E-state index in [9.17, 15) is 34.2 Å². The molecule has 266 valence electrons. The van der Waals surface area contributed by atoms with Crippen LogP contribution < -0.4 is 0 Å². The highest BCUT2D eigenvalue weighted by Gasteiger charge is 2.88. The van der Waals surface area contributed by atoms with Gasteiger partial charge in [-0.2, -0.15) is 0 Å². The molecular formula is C35H42O14. The van der Waals surface area contributed by atoms with Crippen LogP contribution in [-0.4, -0.2) is 94.0 Å².